The van der Waals surface area contributed by atoms with Crippen LogP contribution >= 0.6 is 0 Å². The maximum atomic E-state index is 11.3. The Hall–Kier alpha value is -2.56. The van der Waals surface area contributed by atoms with E-state index in [9.17, 15) is 4.79 Å². The van der Waals surface area contributed by atoms with Crippen LogP contribution in [-0.4, -0.2) is 14.2 Å². The SMILES string of the molecule is Cn1cc(NCc2cnn3ccccc23)ccc1=O. The van der Waals surface area contributed by atoms with Crippen LogP contribution in [0.3, 0.4) is 0 Å². The number of nitrogens with one attached hydrogen (secondary N) is 1. The molecule has 3 aromatic heterocycles. The van der Waals surface area contributed by atoms with E-state index in [-0.39, 0.29) is 5.56 Å². The molecule has 0 aliphatic rings. The normalized spacial score (nSPS) is 10.8. The summed E-state index contributed by atoms with van der Waals surface area (Å²) >= 11 is 0. The van der Waals surface area contributed by atoms with Gasteiger partial charge in [0.1, 0.15) is 0 Å². The summed E-state index contributed by atoms with van der Waals surface area (Å²) in [6, 6.07) is 9.31. The van der Waals surface area contributed by atoms with Gasteiger partial charge in [-0.05, 0) is 18.2 Å². The van der Waals surface area contributed by atoms with Gasteiger partial charge in [0.25, 0.3) is 0 Å². The fraction of sp³-hybridized carbons (Fsp3) is 0.143. The quantitative estimate of drug-likeness (QED) is 0.773. The summed E-state index contributed by atoms with van der Waals surface area (Å²) in [5.74, 6) is 0. The van der Waals surface area contributed by atoms with Crippen molar-refractivity contribution in [2.45, 2.75) is 6.54 Å². The van der Waals surface area contributed by atoms with Crippen molar-refractivity contribution in [3.63, 3.8) is 0 Å². The van der Waals surface area contributed by atoms with Gasteiger partial charge in [-0.15, -0.1) is 0 Å². The maximum Gasteiger partial charge on any atom is 0.250 e. The van der Waals surface area contributed by atoms with Crippen LogP contribution < -0.4 is 10.9 Å². The van der Waals surface area contributed by atoms with E-state index in [0.29, 0.717) is 6.54 Å². The Balaban J connectivity index is 1.82. The molecule has 3 heterocycles. The van der Waals surface area contributed by atoms with Gasteiger partial charge in [-0.2, -0.15) is 5.10 Å². The highest BCUT2D eigenvalue weighted by Crippen LogP contribution is 2.12. The molecule has 0 fully saturated rings. The van der Waals surface area contributed by atoms with Crippen LogP contribution in [0.15, 0.2) is 53.7 Å². The number of hydrogen-bond donors (Lipinski definition) is 1. The van der Waals surface area contributed by atoms with Gasteiger partial charge in [0.2, 0.25) is 5.56 Å². The van der Waals surface area contributed by atoms with Gasteiger partial charge >= 0.3 is 0 Å². The number of anilines is 1. The van der Waals surface area contributed by atoms with Crippen molar-refractivity contribution < 1.29 is 0 Å². The molecule has 0 spiro atoms. The third-order valence-electron chi connectivity index (χ3n) is 3.08. The zero-order chi connectivity index (χ0) is 13.2. The van der Waals surface area contributed by atoms with E-state index in [1.54, 1.807) is 29.9 Å². The first-order valence-corrected chi connectivity index (χ1v) is 6.06. The zero-order valence-electron chi connectivity index (χ0n) is 10.6. The fourth-order valence-electron chi connectivity index (χ4n) is 2.02. The minimum atomic E-state index is -0.0125. The predicted octanol–water partition coefficient (Wildman–Crippen LogP) is 1.65. The largest absolute Gasteiger partial charge is 0.380 e. The molecule has 0 radical (unpaired) electrons. The van der Waals surface area contributed by atoms with Crippen molar-refractivity contribution >= 4 is 11.2 Å². The Kier molecular flexibility index (Phi) is 2.79. The van der Waals surface area contributed by atoms with Crippen LogP contribution in [-0.2, 0) is 13.6 Å². The van der Waals surface area contributed by atoms with Crippen LogP contribution in [0, 0.1) is 0 Å². The first-order chi connectivity index (χ1) is 9.24. The summed E-state index contributed by atoms with van der Waals surface area (Å²) in [5, 5.41) is 7.58. The van der Waals surface area contributed by atoms with E-state index in [4.69, 9.17) is 0 Å². The predicted molar refractivity (Wildman–Crippen MR) is 74.2 cm³/mol. The van der Waals surface area contributed by atoms with Crippen molar-refractivity contribution in [3.05, 3.63) is 64.8 Å². The van der Waals surface area contributed by atoms with Crippen molar-refractivity contribution in [3.8, 4) is 0 Å². The number of aromatic nitrogens is 3. The third kappa shape index (κ3) is 2.22. The second-order valence-electron chi connectivity index (χ2n) is 4.42. The number of pyridine rings is 2. The summed E-state index contributed by atoms with van der Waals surface area (Å²) in [5.41, 5.74) is 3.10. The van der Waals surface area contributed by atoms with Gasteiger partial charge in [0, 0.05) is 37.6 Å². The average molecular weight is 254 g/mol. The fourth-order valence-corrected chi connectivity index (χ4v) is 2.02. The van der Waals surface area contributed by atoms with Gasteiger partial charge in [0.05, 0.1) is 17.4 Å². The average Bonchev–Trinajstić information content (AvgIpc) is 2.83. The Morgan fingerprint density at radius 3 is 3.00 bits per heavy atom. The van der Waals surface area contributed by atoms with Crippen molar-refractivity contribution in [2.24, 2.45) is 7.05 Å². The monoisotopic (exact) mass is 254 g/mol. The summed E-state index contributed by atoms with van der Waals surface area (Å²) in [6.45, 7) is 0.672. The summed E-state index contributed by atoms with van der Waals surface area (Å²) in [4.78, 5) is 11.3. The highest BCUT2D eigenvalue weighted by Gasteiger charge is 2.03. The second-order valence-corrected chi connectivity index (χ2v) is 4.42. The molecule has 5 nitrogen and oxygen atoms in total. The molecule has 19 heavy (non-hydrogen) atoms. The maximum absolute atomic E-state index is 11.3. The van der Waals surface area contributed by atoms with Crippen LogP contribution in [0.5, 0.6) is 0 Å². The number of rotatable bonds is 3. The molecule has 0 aromatic carbocycles. The highest BCUT2D eigenvalue weighted by atomic mass is 16.1. The number of fused-ring (bicyclic) bond motifs is 1. The van der Waals surface area contributed by atoms with E-state index < -0.39 is 0 Å². The summed E-state index contributed by atoms with van der Waals surface area (Å²) < 4.78 is 3.40. The first-order valence-electron chi connectivity index (χ1n) is 6.06. The summed E-state index contributed by atoms with van der Waals surface area (Å²) in [6.07, 6.45) is 5.56. The molecule has 3 aromatic rings. The molecule has 0 saturated heterocycles. The Labute approximate surface area is 110 Å². The molecule has 0 amide bonds. The van der Waals surface area contributed by atoms with E-state index >= 15 is 0 Å². The molecule has 3 rings (SSSR count). The van der Waals surface area contributed by atoms with Crippen molar-refractivity contribution in [1.29, 1.82) is 0 Å². The van der Waals surface area contributed by atoms with E-state index in [1.807, 2.05) is 35.1 Å². The lowest BCUT2D eigenvalue weighted by Gasteiger charge is -2.06. The molecule has 5 heteroatoms. The van der Waals surface area contributed by atoms with Gasteiger partial charge < -0.3 is 9.88 Å². The van der Waals surface area contributed by atoms with Gasteiger partial charge in [-0.3, -0.25) is 4.79 Å². The van der Waals surface area contributed by atoms with E-state index in [1.165, 1.54) is 0 Å². The molecule has 1 N–H and O–H groups in total. The molecule has 0 atom stereocenters. The van der Waals surface area contributed by atoms with E-state index in [2.05, 4.69) is 10.4 Å². The lowest BCUT2D eigenvalue weighted by atomic mass is 10.2. The van der Waals surface area contributed by atoms with Crippen molar-refractivity contribution in [2.75, 3.05) is 5.32 Å². The zero-order valence-corrected chi connectivity index (χ0v) is 10.6. The molecule has 96 valence electrons. The minimum Gasteiger partial charge on any atom is -0.380 e. The number of nitrogens with zero attached hydrogens (tertiary/aromatic N) is 3. The standard InChI is InChI=1S/C14H14N4O/c1-17-10-12(5-6-14(17)19)15-8-11-9-16-18-7-3-2-4-13(11)18/h2-7,9-10,15H,8H2,1H3. The van der Waals surface area contributed by atoms with E-state index in [0.717, 1.165) is 16.8 Å². The molecular formula is C14H14N4O. The smallest absolute Gasteiger partial charge is 0.250 e. The Morgan fingerprint density at radius 1 is 1.26 bits per heavy atom. The Bertz CT molecular complexity index is 772. The topological polar surface area (TPSA) is 51.3 Å². The lowest BCUT2D eigenvalue weighted by Crippen LogP contribution is -2.15. The number of hydrogen-bond acceptors (Lipinski definition) is 3. The molecule has 0 saturated carbocycles. The van der Waals surface area contributed by atoms with Crippen LogP contribution in [0.4, 0.5) is 5.69 Å². The molecule has 0 aliphatic heterocycles. The molecule has 0 aliphatic carbocycles. The van der Waals surface area contributed by atoms with Gasteiger partial charge in [-0.1, -0.05) is 6.07 Å². The number of aryl methyl sites for hydroxylation is 1. The van der Waals surface area contributed by atoms with Crippen LogP contribution in [0.2, 0.25) is 0 Å². The minimum absolute atomic E-state index is 0.0125. The summed E-state index contributed by atoms with van der Waals surface area (Å²) in [7, 11) is 1.74. The highest BCUT2D eigenvalue weighted by molar-refractivity contribution is 5.55. The van der Waals surface area contributed by atoms with Crippen molar-refractivity contribution in [1.82, 2.24) is 14.2 Å². The van der Waals surface area contributed by atoms with Crippen LogP contribution in [0.25, 0.3) is 5.52 Å². The Morgan fingerprint density at radius 2 is 2.16 bits per heavy atom. The molecule has 0 unspecified atom stereocenters. The first kappa shape index (κ1) is 11.5. The molecule has 0 bridgehead atoms. The second kappa shape index (κ2) is 4.61. The van der Waals surface area contributed by atoms with Gasteiger partial charge in [-0.25, -0.2) is 4.52 Å². The van der Waals surface area contributed by atoms with Crippen LogP contribution in [0.1, 0.15) is 5.56 Å². The van der Waals surface area contributed by atoms with Gasteiger partial charge in [0.15, 0.2) is 0 Å². The third-order valence-corrected chi connectivity index (χ3v) is 3.08. The molecular weight excluding hydrogens is 240 g/mol. The lowest BCUT2D eigenvalue weighted by molar-refractivity contribution is 0.859.